The molecule has 0 heterocycles. The van der Waals surface area contributed by atoms with Crippen molar-refractivity contribution in [3.63, 3.8) is 0 Å². The summed E-state index contributed by atoms with van der Waals surface area (Å²) in [6.45, 7) is 4.14. The lowest BCUT2D eigenvalue weighted by atomic mass is 9.97. The molecule has 2 nitrogen and oxygen atoms in total. The molecule has 0 N–H and O–H groups in total. The molecule has 1 unspecified atom stereocenters. The lowest BCUT2D eigenvalue weighted by molar-refractivity contribution is -0.0742. The Morgan fingerprint density at radius 1 is 1.75 bits per heavy atom. The van der Waals surface area contributed by atoms with E-state index in [2.05, 4.69) is 12.7 Å². The third-order valence-electron chi connectivity index (χ3n) is 2.04. The van der Waals surface area contributed by atoms with E-state index >= 15 is 0 Å². The molecular weight excluding hydrogens is 152 g/mol. The zero-order valence-corrected chi connectivity index (χ0v) is 7.58. The normalized spacial score (nSPS) is 23.4. The van der Waals surface area contributed by atoms with Crippen molar-refractivity contribution in [1.82, 2.24) is 0 Å². The Hall–Kier alpha value is -0.600. The Kier molecular flexibility index (Phi) is 4.05. The van der Waals surface area contributed by atoms with Crippen LogP contribution in [0.25, 0.3) is 0 Å². The number of hydrogen-bond donors (Lipinski definition) is 0. The summed E-state index contributed by atoms with van der Waals surface area (Å²) in [6.07, 6.45) is 7.62. The second-order valence-electron chi connectivity index (χ2n) is 2.96. The van der Waals surface area contributed by atoms with Gasteiger partial charge in [0.1, 0.15) is 6.79 Å². The summed E-state index contributed by atoms with van der Waals surface area (Å²) in [6, 6.07) is 0. The zero-order chi connectivity index (χ0) is 8.81. The van der Waals surface area contributed by atoms with Gasteiger partial charge in [0.05, 0.1) is 6.10 Å². The van der Waals surface area contributed by atoms with E-state index in [1.165, 1.54) is 5.57 Å². The van der Waals surface area contributed by atoms with Gasteiger partial charge >= 0.3 is 0 Å². The maximum absolute atomic E-state index is 5.45. The van der Waals surface area contributed by atoms with Gasteiger partial charge in [0.25, 0.3) is 0 Å². The molecule has 1 atom stereocenters. The van der Waals surface area contributed by atoms with Crippen LogP contribution >= 0.6 is 0 Å². The monoisotopic (exact) mass is 168 g/mol. The second-order valence-corrected chi connectivity index (χ2v) is 2.96. The Morgan fingerprint density at radius 2 is 2.58 bits per heavy atom. The topological polar surface area (TPSA) is 18.5 Å². The number of ether oxygens (including phenoxy) is 2. The molecule has 0 saturated heterocycles. The SMILES string of the molecule is C=CC1=CCCC(OCOC)C1. The Balaban J connectivity index is 2.30. The fourth-order valence-corrected chi connectivity index (χ4v) is 1.38. The highest BCUT2D eigenvalue weighted by molar-refractivity contribution is 5.19. The van der Waals surface area contributed by atoms with Crippen LogP contribution in [0.1, 0.15) is 19.3 Å². The van der Waals surface area contributed by atoms with Gasteiger partial charge in [0, 0.05) is 7.11 Å². The Bertz CT molecular complexity index is 173. The van der Waals surface area contributed by atoms with Crippen molar-refractivity contribution in [3.8, 4) is 0 Å². The average Bonchev–Trinajstić information content (AvgIpc) is 2.15. The largest absolute Gasteiger partial charge is 0.359 e. The van der Waals surface area contributed by atoms with E-state index in [1.807, 2.05) is 6.08 Å². The fraction of sp³-hybridized carbons (Fsp3) is 0.600. The van der Waals surface area contributed by atoms with Crippen LogP contribution in [0.3, 0.4) is 0 Å². The highest BCUT2D eigenvalue weighted by Gasteiger charge is 2.13. The highest BCUT2D eigenvalue weighted by atomic mass is 16.7. The van der Waals surface area contributed by atoms with Crippen LogP contribution in [0.4, 0.5) is 0 Å². The minimum absolute atomic E-state index is 0.322. The predicted octanol–water partition coefficient (Wildman–Crippen LogP) is 2.27. The van der Waals surface area contributed by atoms with E-state index in [9.17, 15) is 0 Å². The van der Waals surface area contributed by atoms with Gasteiger partial charge in [-0.25, -0.2) is 0 Å². The molecule has 0 bridgehead atoms. The summed E-state index contributed by atoms with van der Waals surface area (Å²) in [7, 11) is 1.65. The summed E-state index contributed by atoms with van der Waals surface area (Å²) in [4.78, 5) is 0. The van der Waals surface area contributed by atoms with Crippen LogP contribution in [-0.4, -0.2) is 20.0 Å². The maximum Gasteiger partial charge on any atom is 0.146 e. The standard InChI is InChI=1S/C10H16O2/c1-3-9-5-4-6-10(7-9)12-8-11-2/h3,5,10H,1,4,6-8H2,2H3. The summed E-state index contributed by atoms with van der Waals surface area (Å²) in [5.41, 5.74) is 1.29. The van der Waals surface area contributed by atoms with Crippen molar-refractivity contribution in [2.75, 3.05) is 13.9 Å². The van der Waals surface area contributed by atoms with Gasteiger partial charge < -0.3 is 9.47 Å². The van der Waals surface area contributed by atoms with E-state index in [0.29, 0.717) is 12.9 Å². The van der Waals surface area contributed by atoms with E-state index < -0.39 is 0 Å². The van der Waals surface area contributed by atoms with Gasteiger partial charge in [-0.3, -0.25) is 0 Å². The minimum atomic E-state index is 0.322. The van der Waals surface area contributed by atoms with Crippen LogP contribution in [-0.2, 0) is 9.47 Å². The molecule has 0 saturated carbocycles. The molecule has 1 aliphatic carbocycles. The van der Waals surface area contributed by atoms with Gasteiger partial charge in [-0.2, -0.15) is 0 Å². The zero-order valence-electron chi connectivity index (χ0n) is 7.58. The summed E-state index contributed by atoms with van der Waals surface area (Å²) >= 11 is 0. The summed E-state index contributed by atoms with van der Waals surface area (Å²) in [5.74, 6) is 0. The van der Waals surface area contributed by atoms with E-state index in [0.717, 1.165) is 19.3 Å². The van der Waals surface area contributed by atoms with Crippen LogP contribution in [0.2, 0.25) is 0 Å². The third kappa shape index (κ3) is 2.80. The average molecular weight is 168 g/mol. The third-order valence-corrected chi connectivity index (χ3v) is 2.04. The molecule has 0 aromatic rings. The van der Waals surface area contributed by atoms with Gasteiger partial charge in [0.15, 0.2) is 0 Å². The molecule has 0 fully saturated rings. The van der Waals surface area contributed by atoms with Gasteiger partial charge in [-0.05, 0) is 19.3 Å². The second kappa shape index (κ2) is 5.12. The lowest BCUT2D eigenvalue weighted by Crippen LogP contribution is -2.17. The molecule has 12 heavy (non-hydrogen) atoms. The molecular formula is C10H16O2. The lowest BCUT2D eigenvalue weighted by Gasteiger charge is -2.21. The van der Waals surface area contributed by atoms with Crippen LogP contribution in [0.15, 0.2) is 24.3 Å². The van der Waals surface area contributed by atoms with Crippen molar-refractivity contribution in [3.05, 3.63) is 24.3 Å². The van der Waals surface area contributed by atoms with Crippen molar-refractivity contribution in [1.29, 1.82) is 0 Å². The Morgan fingerprint density at radius 3 is 3.25 bits per heavy atom. The summed E-state index contributed by atoms with van der Waals surface area (Å²) in [5, 5.41) is 0. The Labute approximate surface area is 73.9 Å². The first-order valence-electron chi connectivity index (χ1n) is 4.29. The van der Waals surface area contributed by atoms with E-state index in [-0.39, 0.29) is 0 Å². The smallest absolute Gasteiger partial charge is 0.146 e. The molecule has 2 heteroatoms. The van der Waals surface area contributed by atoms with Gasteiger partial charge in [-0.15, -0.1) is 0 Å². The van der Waals surface area contributed by atoms with Gasteiger partial charge in [0.2, 0.25) is 0 Å². The first-order chi connectivity index (χ1) is 5.86. The molecule has 0 spiro atoms. The van der Waals surface area contributed by atoms with Crippen molar-refractivity contribution in [2.24, 2.45) is 0 Å². The first-order valence-corrected chi connectivity index (χ1v) is 4.29. The molecule has 0 aliphatic heterocycles. The predicted molar refractivity (Wildman–Crippen MR) is 48.9 cm³/mol. The molecule has 0 radical (unpaired) electrons. The van der Waals surface area contributed by atoms with Crippen LogP contribution in [0.5, 0.6) is 0 Å². The van der Waals surface area contributed by atoms with Crippen LogP contribution in [0, 0.1) is 0 Å². The van der Waals surface area contributed by atoms with Crippen molar-refractivity contribution >= 4 is 0 Å². The highest BCUT2D eigenvalue weighted by Crippen LogP contribution is 2.21. The fourth-order valence-electron chi connectivity index (χ4n) is 1.38. The quantitative estimate of drug-likeness (QED) is 0.599. The molecule has 68 valence electrons. The summed E-state index contributed by atoms with van der Waals surface area (Å²) < 4.78 is 10.3. The number of methoxy groups -OCH3 is 1. The number of allylic oxidation sites excluding steroid dienone is 2. The molecule has 1 rings (SSSR count). The van der Waals surface area contributed by atoms with E-state index in [4.69, 9.17) is 9.47 Å². The van der Waals surface area contributed by atoms with Crippen molar-refractivity contribution in [2.45, 2.75) is 25.4 Å². The number of hydrogen-bond acceptors (Lipinski definition) is 2. The first kappa shape index (κ1) is 9.49. The molecule has 0 aromatic carbocycles. The molecule has 0 amide bonds. The van der Waals surface area contributed by atoms with Crippen molar-refractivity contribution < 1.29 is 9.47 Å². The van der Waals surface area contributed by atoms with Crippen LogP contribution < -0.4 is 0 Å². The molecule has 1 aliphatic rings. The van der Waals surface area contributed by atoms with E-state index in [1.54, 1.807) is 7.11 Å². The van der Waals surface area contributed by atoms with Gasteiger partial charge in [-0.1, -0.05) is 24.3 Å². The maximum atomic E-state index is 5.45. The number of rotatable bonds is 4. The molecule has 0 aromatic heterocycles. The minimum Gasteiger partial charge on any atom is -0.359 e.